The maximum atomic E-state index is 14.1. The summed E-state index contributed by atoms with van der Waals surface area (Å²) in [5.74, 6) is -5.56. The Morgan fingerprint density at radius 3 is 2.52 bits per heavy atom. The van der Waals surface area contributed by atoms with E-state index in [-0.39, 0.29) is 17.9 Å². The van der Waals surface area contributed by atoms with Crippen molar-refractivity contribution in [3.63, 3.8) is 0 Å². The molecule has 3 N–H and O–H groups in total. The third-order valence-corrected chi connectivity index (χ3v) is 3.14. The number of nitrogens with one attached hydrogen (secondary N) is 2. The molecular formula is C16H14F4N2O3. The second kappa shape index (κ2) is 7.95. The van der Waals surface area contributed by atoms with Crippen LogP contribution in [0, 0.1) is 23.3 Å². The molecule has 0 saturated heterocycles. The van der Waals surface area contributed by atoms with E-state index in [4.69, 9.17) is 9.94 Å². The summed E-state index contributed by atoms with van der Waals surface area (Å²) in [7, 11) is 0. The summed E-state index contributed by atoms with van der Waals surface area (Å²) >= 11 is 0. The first-order chi connectivity index (χ1) is 11.8. The monoisotopic (exact) mass is 358 g/mol. The van der Waals surface area contributed by atoms with Crippen LogP contribution >= 0.6 is 0 Å². The average molecular weight is 358 g/mol. The zero-order valence-corrected chi connectivity index (χ0v) is 12.9. The van der Waals surface area contributed by atoms with Crippen LogP contribution in [-0.4, -0.2) is 23.7 Å². The molecule has 0 fully saturated rings. The molecule has 1 unspecified atom stereocenters. The molecule has 9 heteroatoms. The summed E-state index contributed by atoms with van der Waals surface area (Å²) in [5.41, 5.74) is 0.576. The Balaban J connectivity index is 2.35. The Morgan fingerprint density at radius 2 is 1.88 bits per heavy atom. The molecule has 5 nitrogen and oxygen atoms in total. The Kier molecular flexibility index (Phi) is 5.94. The maximum Gasteiger partial charge on any atom is 0.277 e. The number of hydroxylamine groups is 1. The van der Waals surface area contributed by atoms with Crippen LogP contribution in [0.5, 0.6) is 0 Å². The fourth-order valence-electron chi connectivity index (χ4n) is 1.83. The predicted molar refractivity (Wildman–Crippen MR) is 81.1 cm³/mol. The van der Waals surface area contributed by atoms with Crippen molar-refractivity contribution in [3.8, 4) is 0 Å². The largest absolute Gasteiger partial charge is 0.394 e. The zero-order chi connectivity index (χ0) is 18.6. The average Bonchev–Trinajstić information content (AvgIpc) is 2.58. The van der Waals surface area contributed by atoms with E-state index in [1.165, 1.54) is 6.92 Å². The lowest BCUT2D eigenvalue weighted by atomic mass is 10.1. The molecule has 2 aromatic rings. The van der Waals surface area contributed by atoms with E-state index in [2.05, 4.69) is 5.32 Å². The topological polar surface area (TPSA) is 70.6 Å². The molecule has 0 aliphatic rings. The zero-order valence-electron chi connectivity index (χ0n) is 12.9. The van der Waals surface area contributed by atoms with E-state index in [0.717, 1.165) is 18.2 Å². The van der Waals surface area contributed by atoms with Crippen LogP contribution in [0.3, 0.4) is 0 Å². The number of hydrogen-bond acceptors (Lipinski definition) is 4. The molecule has 0 saturated carbocycles. The van der Waals surface area contributed by atoms with Crippen molar-refractivity contribution in [3.05, 3.63) is 59.2 Å². The van der Waals surface area contributed by atoms with Gasteiger partial charge < -0.3 is 10.4 Å². The van der Waals surface area contributed by atoms with Crippen molar-refractivity contribution in [2.75, 3.05) is 11.9 Å². The van der Waals surface area contributed by atoms with Crippen LogP contribution in [0.25, 0.3) is 0 Å². The summed E-state index contributed by atoms with van der Waals surface area (Å²) in [6, 6.07) is 4.11. The molecule has 0 radical (unpaired) electrons. The number of rotatable bonds is 6. The minimum absolute atomic E-state index is 0.357. The molecule has 1 atom stereocenters. The van der Waals surface area contributed by atoms with Gasteiger partial charge in [0, 0.05) is 6.07 Å². The molecule has 0 aliphatic carbocycles. The van der Waals surface area contributed by atoms with Gasteiger partial charge in [0.15, 0.2) is 11.6 Å². The molecular weight excluding hydrogens is 344 g/mol. The van der Waals surface area contributed by atoms with Crippen molar-refractivity contribution in [2.45, 2.75) is 13.0 Å². The minimum Gasteiger partial charge on any atom is -0.394 e. The fourth-order valence-corrected chi connectivity index (χ4v) is 1.83. The van der Waals surface area contributed by atoms with Gasteiger partial charge in [0.25, 0.3) is 5.91 Å². The van der Waals surface area contributed by atoms with Crippen molar-refractivity contribution >= 4 is 17.3 Å². The van der Waals surface area contributed by atoms with Crippen molar-refractivity contribution < 1.29 is 32.3 Å². The number of halogens is 4. The van der Waals surface area contributed by atoms with Gasteiger partial charge in [0.05, 0.1) is 23.5 Å². The molecule has 134 valence electrons. The van der Waals surface area contributed by atoms with Gasteiger partial charge in [0.1, 0.15) is 17.7 Å². The van der Waals surface area contributed by atoms with Crippen LogP contribution in [-0.2, 0) is 4.84 Å². The summed E-state index contributed by atoms with van der Waals surface area (Å²) in [5, 5.41) is 11.1. The first kappa shape index (κ1) is 18.7. The van der Waals surface area contributed by atoms with Gasteiger partial charge in [-0.05, 0) is 31.2 Å². The lowest BCUT2D eigenvalue weighted by Gasteiger charge is -2.15. The molecule has 0 aromatic heterocycles. The SMILES string of the molecule is CC(CO)ONC(=O)c1ccc(F)c(F)c1Nc1ccc(F)cc1F. The normalized spacial score (nSPS) is 11.9. The summed E-state index contributed by atoms with van der Waals surface area (Å²) < 4.78 is 54.3. The van der Waals surface area contributed by atoms with Gasteiger partial charge >= 0.3 is 0 Å². The van der Waals surface area contributed by atoms with E-state index < -0.39 is 41.0 Å². The first-order valence-electron chi connectivity index (χ1n) is 7.10. The first-order valence-corrected chi connectivity index (χ1v) is 7.10. The smallest absolute Gasteiger partial charge is 0.277 e. The van der Waals surface area contributed by atoms with Crippen LogP contribution in [0.1, 0.15) is 17.3 Å². The quantitative estimate of drug-likeness (QED) is 0.548. The van der Waals surface area contributed by atoms with Crippen LogP contribution < -0.4 is 10.8 Å². The van der Waals surface area contributed by atoms with E-state index in [1.54, 1.807) is 0 Å². The van der Waals surface area contributed by atoms with Gasteiger partial charge in [-0.25, -0.2) is 23.0 Å². The van der Waals surface area contributed by atoms with Gasteiger partial charge in [-0.1, -0.05) is 0 Å². The molecule has 2 rings (SSSR count). The summed E-state index contributed by atoms with van der Waals surface area (Å²) in [6.07, 6.45) is -0.736. The number of benzene rings is 2. The highest BCUT2D eigenvalue weighted by Crippen LogP contribution is 2.28. The third kappa shape index (κ3) is 4.46. The van der Waals surface area contributed by atoms with Crippen LogP contribution in [0.15, 0.2) is 30.3 Å². The Morgan fingerprint density at radius 1 is 1.16 bits per heavy atom. The van der Waals surface area contributed by atoms with Crippen molar-refractivity contribution in [1.82, 2.24) is 5.48 Å². The molecule has 0 spiro atoms. The summed E-state index contributed by atoms with van der Waals surface area (Å²) in [6.45, 7) is 1.07. The second-order valence-electron chi connectivity index (χ2n) is 5.08. The second-order valence-corrected chi connectivity index (χ2v) is 5.08. The third-order valence-electron chi connectivity index (χ3n) is 3.14. The van der Waals surface area contributed by atoms with Gasteiger partial charge in [0.2, 0.25) is 0 Å². The lowest BCUT2D eigenvalue weighted by Crippen LogP contribution is -2.30. The number of carbonyl (C=O) groups is 1. The van der Waals surface area contributed by atoms with E-state index in [9.17, 15) is 22.4 Å². The molecule has 1 amide bonds. The van der Waals surface area contributed by atoms with Crippen LogP contribution in [0.4, 0.5) is 28.9 Å². The highest BCUT2D eigenvalue weighted by molar-refractivity contribution is 5.99. The number of amides is 1. The van der Waals surface area contributed by atoms with E-state index in [0.29, 0.717) is 12.1 Å². The molecule has 0 bridgehead atoms. The van der Waals surface area contributed by atoms with Crippen molar-refractivity contribution in [2.24, 2.45) is 0 Å². The molecule has 0 heterocycles. The Hall–Kier alpha value is -2.65. The number of carbonyl (C=O) groups excluding carboxylic acids is 1. The molecule has 0 aliphatic heterocycles. The maximum absolute atomic E-state index is 14.1. The molecule has 25 heavy (non-hydrogen) atoms. The number of anilines is 2. The predicted octanol–water partition coefficient (Wildman–Crippen LogP) is 3.03. The highest BCUT2D eigenvalue weighted by Gasteiger charge is 2.20. The number of aliphatic hydroxyl groups is 1. The fraction of sp³-hybridized carbons (Fsp3) is 0.188. The van der Waals surface area contributed by atoms with Crippen molar-refractivity contribution in [1.29, 1.82) is 0 Å². The minimum atomic E-state index is -1.42. The number of hydrogen-bond donors (Lipinski definition) is 3. The summed E-state index contributed by atoms with van der Waals surface area (Å²) in [4.78, 5) is 16.9. The van der Waals surface area contributed by atoms with Gasteiger partial charge in [-0.15, -0.1) is 0 Å². The van der Waals surface area contributed by atoms with Gasteiger partial charge in [-0.2, -0.15) is 0 Å². The van der Waals surface area contributed by atoms with Crippen LogP contribution in [0.2, 0.25) is 0 Å². The standard InChI is InChI=1S/C16H14F4N2O3/c1-8(7-23)25-22-16(24)10-3-4-11(18)14(20)15(10)21-13-5-2-9(17)6-12(13)19/h2-6,8,21,23H,7H2,1H3,(H,22,24). The lowest BCUT2D eigenvalue weighted by molar-refractivity contribution is -0.0304. The number of aliphatic hydroxyl groups excluding tert-OH is 1. The highest BCUT2D eigenvalue weighted by atomic mass is 19.2. The molecule has 2 aromatic carbocycles. The van der Waals surface area contributed by atoms with Gasteiger partial charge in [-0.3, -0.25) is 9.63 Å². The van der Waals surface area contributed by atoms with E-state index >= 15 is 0 Å². The Labute approximate surface area is 140 Å². The Bertz CT molecular complexity index is 786. The van der Waals surface area contributed by atoms with E-state index in [1.807, 2.05) is 5.48 Å².